The predicted molar refractivity (Wildman–Crippen MR) is 221 cm³/mol. The van der Waals surface area contributed by atoms with Crippen LogP contribution in [0.2, 0.25) is 0 Å². The van der Waals surface area contributed by atoms with Crippen molar-refractivity contribution in [3.8, 4) is 33.6 Å². The Bertz CT molecular complexity index is 2370. The van der Waals surface area contributed by atoms with E-state index in [1.54, 1.807) is 0 Å². The fourth-order valence-electron chi connectivity index (χ4n) is 9.59. The monoisotopic (exact) mass is 783 g/mol. The van der Waals surface area contributed by atoms with Crippen molar-refractivity contribution >= 4 is 28.9 Å². The molecule has 4 heterocycles. The Hall–Kier alpha value is -5.65. The molecular weight excluding hydrogens is 731 g/mol. The summed E-state index contributed by atoms with van der Waals surface area (Å²) in [6.45, 7) is 10.3. The molecular formula is C46H53N7O5. The molecule has 12 heteroatoms. The maximum absolute atomic E-state index is 13.9. The Morgan fingerprint density at radius 1 is 0.845 bits per heavy atom. The minimum atomic E-state index is -0.672. The van der Waals surface area contributed by atoms with Crippen molar-refractivity contribution in [1.82, 2.24) is 35.1 Å². The largest absolute Gasteiger partial charge is 0.453 e. The van der Waals surface area contributed by atoms with E-state index in [1.165, 1.54) is 7.11 Å². The number of aromatic amines is 2. The molecule has 4 aliphatic rings. The molecule has 5 aromatic rings. The van der Waals surface area contributed by atoms with Gasteiger partial charge in [-0.05, 0) is 116 Å². The first-order valence-corrected chi connectivity index (χ1v) is 20.7. The zero-order valence-electron chi connectivity index (χ0n) is 34.2. The molecule has 2 bridgehead atoms. The van der Waals surface area contributed by atoms with Crippen LogP contribution in [-0.4, -0.2) is 79.2 Å². The molecule has 1 spiro atoms. The Balaban J connectivity index is 0.896. The number of nitrogens with zero attached hydrogens (tertiary/aromatic N) is 4. The van der Waals surface area contributed by atoms with Gasteiger partial charge in [0.2, 0.25) is 5.91 Å². The number of alkyl carbamates (subject to hydrolysis) is 1. The third kappa shape index (κ3) is 7.11. The fourth-order valence-corrected chi connectivity index (χ4v) is 9.59. The number of likely N-dealkylation sites (tertiary alicyclic amines) is 2. The van der Waals surface area contributed by atoms with Crippen LogP contribution in [0.15, 0.2) is 73.1 Å². The second kappa shape index (κ2) is 14.3. The average Bonchev–Trinajstić information content (AvgIpc) is 3.83. The van der Waals surface area contributed by atoms with E-state index in [4.69, 9.17) is 19.4 Å². The Morgan fingerprint density at radius 3 is 2.14 bits per heavy atom. The van der Waals surface area contributed by atoms with E-state index in [2.05, 4.69) is 75.9 Å². The van der Waals surface area contributed by atoms with Crippen LogP contribution in [0.1, 0.15) is 96.9 Å². The van der Waals surface area contributed by atoms with Crippen LogP contribution in [-0.2, 0) is 14.3 Å². The second-order valence-electron chi connectivity index (χ2n) is 18.3. The van der Waals surface area contributed by atoms with Gasteiger partial charge >= 0.3 is 12.2 Å². The molecule has 2 saturated heterocycles. The number of methoxy groups -OCH3 is 1. The van der Waals surface area contributed by atoms with E-state index in [0.717, 1.165) is 101 Å². The lowest BCUT2D eigenvalue weighted by molar-refractivity contribution is -0.139. The van der Waals surface area contributed by atoms with E-state index in [1.807, 2.05) is 56.8 Å². The van der Waals surface area contributed by atoms with Crippen LogP contribution in [0, 0.1) is 17.3 Å². The summed E-state index contributed by atoms with van der Waals surface area (Å²) in [6.07, 6.45) is 9.01. The highest BCUT2D eigenvalue weighted by molar-refractivity contribution is 5.91. The van der Waals surface area contributed by atoms with Gasteiger partial charge in [0.25, 0.3) is 0 Å². The van der Waals surface area contributed by atoms with E-state index < -0.39 is 17.7 Å². The molecule has 3 aromatic carbocycles. The molecule has 2 saturated carbocycles. The number of H-pyrrole nitrogens is 2. The number of nitrogens with one attached hydrogen (secondary N) is 3. The van der Waals surface area contributed by atoms with E-state index in [9.17, 15) is 14.4 Å². The summed E-state index contributed by atoms with van der Waals surface area (Å²) in [7, 11) is 1.31. The van der Waals surface area contributed by atoms with Crippen LogP contribution < -0.4 is 5.32 Å². The molecule has 3 N–H and O–H groups in total. The van der Waals surface area contributed by atoms with Crippen molar-refractivity contribution in [2.75, 3.05) is 13.7 Å². The van der Waals surface area contributed by atoms with Crippen LogP contribution in [0.25, 0.3) is 44.4 Å². The van der Waals surface area contributed by atoms with Crippen LogP contribution in [0.4, 0.5) is 9.59 Å². The van der Waals surface area contributed by atoms with Crippen LogP contribution in [0.3, 0.4) is 0 Å². The standard InChI is InChI=1S/C46H53N7O5/c1-26(2)38(51-43(55)57-6)42(54)53-34-16-15-33(21-34)39(53)41-48-23-35(50-41)28-9-7-27(8-10-28)29-11-12-31-20-32(14-13-30(31)19-29)36-24-47-40(49-36)37-22-46(17-18-46)25-52(37)44(56)58-45(3,4)5/h7-14,19-20,23-24,26,33-34,37-39H,15-18,21-22,25H2,1-6H3,(H,47,49)(H,48,50)(H,51,55)/t33?,34-,37-,38-,39-/m0/s1. The summed E-state index contributed by atoms with van der Waals surface area (Å²) < 4.78 is 10.6. The van der Waals surface area contributed by atoms with Crippen molar-refractivity contribution in [2.24, 2.45) is 17.3 Å². The normalized spacial score (nSPS) is 22.5. The highest BCUT2D eigenvalue weighted by Gasteiger charge is 2.55. The highest BCUT2D eigenvalue weighted by Crippen LogP contribution is 2.58. The van der Waals surface area contributed by atoms with Crippen molar-refractivity contribution < 1.29 is 23.9 Å². The zero-order chi connectivity index (χ0) is 40.5. The first-order valence-electron chi connectivity index (χ1n) is 20.7. The lowest BCUT2D eigenvalue weighted by atomic mass is 9.95. The first kappa shape index (κ1) is 37.9. The van der Waals surface area contributed by atoms with Crippen LogP contribution in [0.5, 0.6) is 0 Å². The molecule has 4 fully saturated rings. The van der Waals surface area contributed by atoms with Gasteiger partial charge in [-0.1, -0.05) is 62.4 Å². The van der Waals surface area contributed by atoms with Gasteiger partial charge in [-0.25, -0.2) is 19.6 Å². The van der Waals surface area contributed by atoms with E-state index in [0.29, 0.717) is 5.92 Å². The van der Waals surface area contributed by atoms with Gasteiger partial charge < -0.3 is 29.7 Å². The number of rotatable bonds is 8. The third-order valence-electron chi connectivity index (χ3n) is 12.8. The molecule has 12 nitrogen and oxygen atoms in total. The van der Waals surface area contributed by atoms with Gasteiger partial charge in [-0.15, -0.1) is 0 Å². The van der Waals surface area contributed by atoms with Crippen molar-refractivity contribution in [3.05, 3.63) is 84.7 Å². The van der Waals surface area contributed by atoms with Gasteiger partial charge in [0.05, 0.1) is 43.0 Å². The molecule has 0 radical (unpaired) electrons. The quantitative estimate of drug-likeness (QED) is 0.142. The maximum Gasteiger partial charge on any atom is 0.410 e. The van der Waals surface area contributed by atoms with Crippen molar-refractivity contribution in [3.63, 3.8) is 0 Å². The average molecular weight is 784 g/mol. The number of amides is 3. The number of carbonyl (C=O) groups excluding carboxylic acids is 3. The summed E-state index contributed by atoms with van der Waals surface area (Å²) >= 11 is 0. The van der Waals surface area contributed by atoms with Crippen molar-refractivity contribution in [2.45, 2.75) is 103 Å². The Labute approximate surface area is 339 Å². The predicted octanol–water partition coefficient (Wildman–Crippen LogP) is 9.18. The van der Waals surface area contributed by atoms with Crippen LogP contribution >= 0.6 is 0 Å². The minimum absolute atomic E-state index is 0.0827. The van der Waals surface area contributed by atoms with E-state index >= 15 is 0 Å². The number of hydrogen-bond donors (Lipinski definition) is 3. The highest BCUT2D eigenvalue weighted by atomic mass is 16.6. The number of piperidine rings is 1. The third-order valence-corrected chi connectivity index (χ3v) is 12.8. The number of aromatic nitrogens is 4. The molecule has 9 rings (SSSR count). The summed E-state index contributed by atoms with van der Waals surface area (Å²) in [4.78, 5) is 59.8. The molecule has 1 unspecified atom stereocenters. The number of hydrogen-bond acceptors (Lipinski definition) is 7. The Kier molecular flexibility index (Phi) is 9.36. The van der Waals surface area contributed by atoms with Crippen molar-refractivity contribution in [1.29, 1.82) is 0 Å². The first-order chi connectivity index (χ1) is 27.8. The van der Waals surface area contributed by atoms with Gasteiger partial charge in [0, 0.05) is 18.2 Å². The smallest absolute Gasteiger partial charge is 0.410 e. The number of fused-ring (bicyclic) bond motifs is 3. The number of carbonyl (C=O) groups is 3. The van der Waals surface area contributed by atoms with Gasteiger partial charge in [0.1, 0.15) is 23.3 Å². The fraction of sp³-hybridized carbons (Fsp3) is 0.457. The minimum Gasteiger partial charge on any atom is -0.453 e. The zero-order valence-corrected chi connectivity index (χ0v) is 34.2. The number of ether oxygens (including phenoxy) is 2. The van der Waals surface area contributed by atoms with Gasteiger partial charge in [0.15, 0.2) is 0 Å². The second-order valence-corrected chi connectivity index (χ2v) is 18.3. The summed E-state index contributed by atoms with van der Waals surface area (Å²) in [5.41, 5.74) is 5.75. The molecule has 2 aliphatic carbocycles. The molecule has 5 atom stereocenters. The van der Waals surface area contributed by atoms with E-state index in [-0.39, 0.29) is 41.5 Å². The lowest BCUT2D eigenvalue weighted by Gasteiger charge is -2.37. The van der Waals surface area contributed by atoms with Gasteiger partial charge in [-0.3, -0.25) is 9.69 Å². The van der Waals surface area contributed by atoms with Gasteiger partial charge in [-0.2, -0.15) is 0 Å². The molecule has 2 aromatic heterocycles. The SMILES string of the molecule is COC(=O)N[C@H](C(=O)N1[C@H]2CCC(C2)[C@H]1c1ncc(-c2ccc(-c3ccc4cc(-c5cnc([C@@H]6CC7(CC7)CN6C(=O)OC(C)(C)C)[nH]5)ccc4c3)cc2)[nH]1)C(C)C. The topological polar surface area (TPSA) is 146 Å². The summed E-state index contributed by atoms with van der Waals surface area (Å²) in [6, 6.07) is 20.6. The molecule has 58 heavy (non-hydrogen) atoms. The maximum atomic E-state index is 13.9. The molecule has 302 valence electrons. The number of imidazole rings is 2. The summed E-state index contributed by atoms with van der Waals surface area (Å²) in [5, 5.41) is 5.03. The molecule has 2 aliphatic heterocycles. The summed E-state index contributed by atoms with van der Waals surface area (Å²) in [5.74, 6) is 1.74. The molecule has 3 amide bonds. The number of benzene rings is 3. The lowest BCUT2D eigenvalue weighted by Crippen LogP contribution is -2.54. The Morgan fingerprint density at radius 2 is 1.47 bits per heavy atom.